The number of benzene rings is 1. The Bertz CT molecular complexity index is 569. The number of nitrogens with two attached hydrogens (primary N) is 1. The van der Waals surface area contributed by atoms with Crippen molar-refractivity contribution < 1.29 is 4.79 Å². The van der Waals surface area contributed by atoms with Gasteiger partial charge in [0.1, 0.15) is 0 Å². The quantitative estimate of drug-likeness (QED) is 0.900. The first-order valence-corrected chi connectivity index (χ1v) is 9.15. The molecule has 1 aliphatic carbocycles. The lowest BCUT2D eigenvalue weighted by Crippen LogP contribution is -2.49. The van der Waals surface area contributed by atoms with Gasteiger partial charge in [0.25, 0.3) is 0 Å². The average Bonchev–Trinajstić information content (AvgIpc) is 2.95. The van der Waals surface area contributed by atoms with Crippen molar-refractivity contribution in [1.29, 1.82) is 0 Å². The largest absolute Gasteiger partial charge is 0.339 e. The van der Waals surface area contributed by atoms with Gasteiger partial charge in [0.2, 0.25) is 5.91 Å². The molecule has 1 aliphatic heterocycles. The molecule has 0 spiro atoms. The van der Waals surface area contributed by atoms with E-state index in [-0.39, 0.29) is 17.8 Å². The van der Waals surface area contributed by atoms with Gasteiger partial charge in [0, 0.05) is 12.6 Å². The highest BCUT2D eigenvalue weighted by molar-refractivity contribution is 5.89. The van der Waals surface area contributed by atoms with Crippen LogP contribution in [-0.4, -0.2) is 29.9 Å². The highest BCUT2D eigenvalue weighted by Gasteiger charge is 2.46. The fraction of sp³-hybridized carbons (Fsp3) is 0.650. The zero-order chi connectivity index (χ0) is 16.4. The van der Waals surface area contributed by atoms with Crippen LogP contribution in [0.25, 0.3) is 0 Å². The maximum Gasteiger partial charge on any atom is 0.233 e. The fourth-order valence-corrected chi connectivity index (χ4v) is 4.60. The second-order valence-corrected chi connectivity index (χ2v) is 7.66. The summed E-state index contributed by atoms with van der Waals surface area (Å²) in [5, 5.41) is 0. The van der Waals surface area contributed by atoms with E-state index in [1.807, 2.05) is 0 Å². The van der Waals surface area contributed by atoms with Crippen LogP contribution in [0.2, 0.25) is 0 Å². The van der Waals surface area contributed by atoms with Crippen molar-refractivity contribution in [2.45, 2.75) is 63.8 Å². The van der Waals surface area contributed by atoms with Gasteiger partial charge in [-0.15, -0.1) is 12.4 Å². The van der Waals surface area contributed by atoms with Gasteiger partial charge < -0.3 is 10.6 Å². The van der Waals surface area contributed by atoms with Crippen molar-refractivity contribution >= 4 is 18.3 Å². The third kappa shape index (κ3) is 3.48. The number of halogens is 1. The molecule has 134 valence electrons. The topological polar surface area (TPSA) is 46.3 Å². The molecule has 2 aliphatic rings. The molecule has 0 bridgehead atoms. The van der Waals surface area contributed by atoms with Crippen LogP contribution in [-0.2, 0) is 10.2 Å². The molecular weight excluding hydrogens is 320 g/mol. The van der Waals surface area contributed by atoms with Gasteiger partial charge in [-0.2, -0.15) is 0 Å². The molecule has 1 saturated carbocycles. The molecule has 0 radical (unpaired) electrons. The lowest BCUT2D eigenvalue weighted by atomic mass is 9.68. The molecule has 3 rings (SSSR count). The first-order valence-electron chi connectivity index (χ1n) is 9.15. The minimum Gasteiger partial charge on any atom is -0.339 e. The van der Waals surface area contributed by atoms with Crippen LogP contribution >= 0.6 is 12.4 Å². The Kier molecular flexibility index (Phi) is 6.33. The molecule has 1 heterocycles. The Balaban J connectivity index is 0.00000208. The molecule has 1 saturated heterocycles. The third-order valence-corrected chi connectivity index (χ3v) is 5.94. The van der Waals surface area contributed by atoms with E-state index in [0.717, 1.165) is 38.6 Å². The second-order valence-electron chi connectivity index (χ2n) is 7.66. The predicted octanol–water partition coefficient (Wildman–Crippen LogP) is 3.81. The Hall–Kier alpha value is -1.06. The molecule has 2 unspecified atom stereocenters. The van der Waals surface area contributed by atoms with Crippen molar-refractivity contribution in [2.75, 3.05) is 13.1 Å². The van der Waals surface area contributed by atoms with E-state index in [1.165, 1.54) is 17.5 Å². The van der Waals surface area contributed by atoms with Gasteiger partial charge in [-0.25, -0.2) is 0 Å². The highest BCUT2D eigenvalue weighted by Crippen LogP contribution is 2.42. The van der Waals surface area contributed by atoms with E-state index in [1.54, 1.807) is 0 Å². The molecular formula is C20H31ClN2O. The zero-order valence-corrected chi connectivity index (χ0v) is 15.8. The minimum absolute atomic E-state index is 0. The number of hydrogen-bond donors (Lipinski definition) is 1. The van der Waals surface area contributed by atoms with Crippen LogP contribution in [0.5, 0.6) is 0 Å². The van der Waals surface area contributed by atoms with E-state index in [4.69, 9.17) is 5.73 Å². The van der Waals surface area contributed by atoms with Crippen molar-refractivity contribution in [1.82, 2.24) is 4.90 Å². The number of likely N-dealkylation sites (tertiary alicyclic amines) is 1. The summed E-state index contributed by atoms with van der Waals surface area (Å²) in [7, 11) is 0. The summed E-state index contributed by atoms with van der Waals surface area (Å²) >= 11 is 0. The highest BCUT2D eigenvalue weighted by atomic mass is 35.5. The van der Waals surface area contributed by atoms with Crippen LogP contribution in [0.1, 0.15) is 56.6 Å². The molecule has 3 nitrogen and oxygen atoms in total. The summed E-state index contributed by atoms with van der Waals surface area (Å²) in [4.78, 5) is 15.7. The molecule has 2 N–H and O–H groups in total. The van der Waals surface area contributed by atoms with Gasteiger partial charge in [-0.05, 0) is 51.1 Å². The molecule has 1 aromatic rings. The second kappa shape index (κ2) is 7.88. The van der Waals surface area contributed by atoms with Crippen molar-refractivity contribution in [3.8, 4) is 0 Å². The van der Waals surface area contributed by atoms with Gasteiger partial charge >= 0.3 is 0 Å². The van der Waals surface area contributed by atoms with Gasteiger partial charge in [0.15, 0.2) is 0 Å². The molecule has 2 fully saturated rings. The SMILES string of the molecule is Cc1cccc(C2(C(=O)N3CC(CN)CC3C)CCCCC2)c1.Cl. The molecule has 0 aromatic heterocycles. The number of rotatable bonds is 3. The maximum absolute atomic E-state index is 13.6. The standard InChI is InChI=1S/C20H30N2O.ClH/c1-15-7-6-8-18(11-15)20(9-4-3-5-10-20)19(23)22-14-17(13-21)12-16(22)2;/h6-8,11,16-17H,3-5,9-10,12-14,21H2,1-2H3;1H. The Morgan fingerprint density at radius 1 is 1.29 bits per heavy atom. The monoisotopic (exact) mass is 350 g/mol. The third-order valence-electron chi connectivity index (χ3n) is 5.94. The average molecular weight is 351 g/mol. The van der Waals surface area contributed by atoms with Gasteiger partial charge in [-0.1, -0.05) is 49.1 Å². The minimum atomic E-state index is -0.304. The molecule has 1 aromatic carbocycles. The van der Waals surface area contributed by atoms with E-state index in [0.29, 0.717) is 24.4 Å². The summed E-state index contributed by atoms with van der Waals surface area (Å²) in [5.74, 6) is 0.818. The summed E-state index contributed by atoms with van der Waals surface area (Å²) in [6.45, 7) is 5.82. The lowest BCUT2D eigenvalue weighted by molar-refractivity contribution is -0.139. The first kappa shape index (κ1) is 19.3. The Labute approximate surface area is 152 Å². The Morgan fingerprint density at radius 2 is 2.00 bits per heavy atom. The molecule has 2 atom stereocenters. The van der Waals surface area contributed by atoms with Crippen LogP contribution in [0.3, 0.4) is 0 Å². The summed E-state index contributed by atoms with van der Waals surface area (Å²) in [6.07, 6.45) is 6.59. The smallest absolute Gasteiger partial charge is 0.233 e. The number of aryl methyl sites for hydroxylation is 1. The van der Waals surface area contributed by atoms with E-state index >= 15 is 0 Å². The number of carbonyl (C=O) groups is 1. The summed E-state index contributed by atoms with van der Waals surface area (Å²) in [5.41, 5.74) is 8.03. The molecule has 1 amide bonds. The normalized spacial score (nSPS) is 26.0. The number of amides is 1. The molecule has 24 heavy (non-hydrogen) atoms. The number of hydrogen-bond acceptors (Lipinski definition) is 2. The van der Waals surface area contributed by atoms with Crippen molar-refractivity contribution in [3.05, 3.63) is 35.4 Å². The van der Waals surface area contributed by atoms with Crippen LogP contribution in [0.4, 0.5) is 0 Å². The number of nitrogens with zero attached hydrogens (tertiary/aromatic N) is 1. The first-order chi connectivity index (χ1) is 11.1. The van der Waals surface area contributed by atoms with Crippen LogP contribution < -0.4 is 5.73 Å². The maximum atomic E-state index is 13.6. The number of carbonyl (C=O) groups excluding carboxylic acids is 1. The van der Waals surface area contributed by atoms with E-state index in [2.05, 4.69) is 43.0 Å². The lowest BCUT2D eigenvalue weighted by Gasteiger charge is -2.40. The van der Waals surface area contributed by atoms with Crippen LogP contribution in [0.15, 0.2) is 24.3 Å². The van der Waals surface area contributed by atoms with Crippen LogP contribution in [0, 0.1) is 12.8 Å². The summed E-state index contributed by atoms with van der Waals surface area (Å²) in [6, 6.07) is 8.93. The summed E-state index contributed by atoms with van der Waals surface area (Å²) < 4.78 is 0. The van der Waals surface area contributed by atoms with E-state index < -0.39 is 0 Å². The zero-order valence-electron chi connectivity index (χ0n) is 15.0. The van der Waals surface area contributed by atoms with Crippen molar-refractivity contribution in [3.63, 3.8) is 0 Å². The Morgan fingerprint density at radius 3 is 2.58 bits per heavy atom. The fourth-order valence-electron chi connectivity index (χ4n) is 4.60. The molecule has 4 heteroatoms. The van der Waals surface area contributed by atoms with Crippen molar-refractivity contribution in [2.24, 2.45) is 11.7 Å². The predicted molar refractivity (Wildman–Crippen MR) is 102 cm³/mol. The van der Waals surface area contributed by atoms with Gasteiger partial charge in [-0.3, -0.25) is 4.79 Å². The van der Waals surface area contributed by atoms with E-state index in [9.17, 15) is 4.79 Å². The van der Waals surface area contributed by atoms with Gasteiger partial charge in [0.05, 0.1) is 5.41 Å².